The second kappa shape index (κ2) is 9.01. The van der Waals surface area contributed by atoms with Gasteiger partial charge in [0.25, 0.3) is 5.91 Å². The number of carbonyl (C=O) groups excluding carboxylic acids is 3. The molecule has 1 saturated carbocycles. The molecule has 1 aliphatic carbocycles. The van der Waals surface area contributed by atoms with Gasteiger partial charge in [0.05, 0.1) is 11.2 Å². The lowest BCUT2D eigenvalue weighted by Crippen LogP contribution is -2.25. The van der Waals surface area contributed by atoms with Gasteiger partial charge in [0, 0.05) is 31.1 Å². The molecule has 170 valence electrons. The zero-order valence-corrected chi connectivity index (χ0v) is 18.1. The van der Waals surface area contributed by atoms with Gasteiger partial charge in [-0.15, -0.1) is 0 Å². The Bertz CT molecular complexity index is 1230. The lowest BCUT2D eigenvalue weighted by Gasteiger charge is -2.17. The van der Waals surface area contributed by atoms with Crippen molar-refractivity contribution in [3.05, 3.63) is 47.5 Å². The minimum atomic E-state index is -0.363. The number of carbonyl (C=O) groups is 3. The van der Waals surface area contributed by atoms with Crippen molar-refractivity contribution in [3.63, 3.8) is 0 Å². The Morgan fingerprint density at radius 2 is 2.03 bits per heavy atom. The first-order chi connectivity index (χ1) is 16.1. The minimum Gasteiger partial charge on any atom is -0.486 e. The fourth-order valence-electron chi connectivity index (χ4n) is 4.59. The maximum atomic E-state index is 12.8. The Morgan fingerprint density at radius 1 is 1.18 bits per heavy atom. The van der Waals surface area contributed by atoms with E-state index in [4.69, 9.17) is 4.74 Å². The molecular weight excluding hydrogens is 422 g/mol. The topological polar surface area (TPSA) is 126 Å². The Labute approximate surface area is 190 Å². The van der Waals surface area contributed by atoms with Crippen molar-refractivity contribution >= 4 is 34.3 Å². The standard InChI is InChI=1S/C24H25N5O4/c30-17-9-16-7-15(5-6-19(16)33-12-17)10-26-24(32)23-22-21(27-13-28-23)18(11-25-22)29-20(31)8-14-3-1-2-4-14/h5-7,11,13-14,25H,1-4,8-10,12H2,(H,26,32)(H,29,31). The molecule has 0 bridgehead atoms. The first kappa shape index (κ1) is 21.1. The van der Waals surface area contributed by atoms with Gasteiger partial charge in [-0.2, -0.15) is 0 Å². The normalized spacial score (nSPS) is 15.8. The van der Waals surface area contributed by atoms with Crippen molar-refractivity contribution in [1.29, 1.82) is 0 Å². The first-order valence-electron chi connectivity index (χ1n) is 11.2. The predicted octanol–water partition coefficient (Wildman–Crippen LogP) is 2.91. The largest absolute Gasteiger partial charge is 0.486 e. The van der Waals surface area contributed by atoms with Gasteiger partial charge in [-0.25, -0.2) is 9.97 Å². The van der Waals surface area contributed by atoms with Gasteiger partial charge in [0.15, 0.2) is 11.5 Å². The lowest BCUT2D eigenvalue weighted by molar-refractivity contribution is -0.121. The van der Waals surface area contributed by atoms with E-state index in [0.717, 1.165) is 24.0 Å². The van der Waals surface area contributed by atoms with E-state index in [1.807, 2.05) is 18.2 Å². The highest BCUT2D eigenvalue weighted by Crippen LogP contribution is 2.29. The van der Waals surface area contributed by atoms with Gasteiger partial charge >= 0.3 is 0 Å². The van der Waals surface area contributed by atoms with Crippen LogP contribution in [0.15, 0.2) is 30.7 Å². The van der Waals surface area contributed by atoms with Crippen LogP contribution in [0.4, 0.5) is 5.69 Å². The molecule has 9 heteroatoms. The van der Waals surface area contributed by atoms with Crippen molar-refractivity contribution in [3.8, 4) is 5.75 Å². The van der Waals surface area contributed by atoms with E-state index in [9.17, 15) is 14.4 Å². The SMILES string of the molecule is O=C1COc2ccc(CNC(=O)c3ncnc4c(NC(=O)CC5CCCC5)c[nH]c34)cc2C1. The van der Waals surface area contributed by atoms with Gasteiger partial charge < -0.3 is 20.4 Å². The number of nitrogens with zero attached hydrogens (tertiary/aromatic N) is 2. The molecule has 1 fully saturated rings. The van der Waals surface area contributed by atoms with E-state index in [0.29, 0.717) is 41.2 Å². The van der Waals surface area contributed by atoms with Crippen LogP contribution >= 0.6 is 0 Å². The highest BCUT2D eigenvalue weighted by Gasteiger charge is 2.21. The summed E-state index contributed by atoms with van der Waals surface area (Å²) < 4.78 is 5.41. The third-order valence-corrected chi connectivity index (χ3v) is 6.26. The van der Waals surface area contributed by atoms with Crippen LogP contribution in [0.3, 0.4) is 0 Å². The predicted molar refractivity (Wildman–Crippen MR) is 121 cm³/mol. The summed E-state index contributed by atoms with van der Waals surface area (Å²) in [7, 11) is 0. The number of H-pyrrole nitrogens is 1. The fraction of sp³-hybridized carbons (Fsp3) is 0.375. The molecule has 1 aliphatic heterocycles. The van der Waals surface area contributed by atoms with Crippen LogP contribution in [0.25, 0.3) is 11.0 Å². The van der Waals surface area contributed by atoms with E-state index < -0.39 is 0 Å². The van der Waals surface area contributed by atoms with Gasteiger partial charge in [-0.1, -0.05) is 18.9 Å². The smallest absolute Gasteiger partial charge is 0.272 e. The second-order valence-corrected chi connectivity index (χ2v) is 8.68. The summed E-state index contributed by atoms with van der Waals surface area (Å²) in [5.41, 5.74) is 3.40. The number of ketones is 1. The average molecular weight is 447 g/mol. The molecule has 5 rings (SSSR count). The summed E-state index contributed by atoms with van der Waals surface area (Å²) in [4.78, 5) is 48.3. The van der Waals surface area contributed by atoms with E-state index in [1.54, 1.807) is 6.20 Å². The number of nitrogens with one attached hydrogen (secondary N) is 3. The third kappa shape index (κ3) is 4.57. The molecule has 33 heavy (non-hydrogen) atoms. The molecule has 0 unspecified atom stereocenters. The van der Waals surface area contributed by atoms with Gasteiger partial charge in [-0.3, -0.25) is 14.4 Å². The van der Waals surface area contributed by atoms with Crippen molar-refractivity contribution in [2.75, 3.05) is 11.9 Å². The molecule has 0 atom stereocenters. The molecular formula is C24H25N5O4. The van der Waals surface area contributed by atoms with Crippen molar-refractivity contribution in [1.82, 2.24) is 20.3 Å². The molecule has 3 N–H and O–H groups in total. The number of aromatic nitrogens is 3. The molecule has 0 saturated heterocycles. The van der Waals surface area contributed by atoms with Crippen LogP contribution < -0.4 is 15.4 Å². The summed E-state index contributed by atoms with van der Waals surface area (Å²) in [6, 6.07) is 5.55. The maximum Gasteiger partial charge on any atom is 0.272 e. The van der Waals surface area contributed by atoms with E-state index in [-0.39, 0.29) is 36.4 Å². The zero-order valence-electron chi connectivity index (χ0n) is 18.1. The molecule has 2 aromatic heterocycles. The second-order valence-electron chi connectivity index (χ2n) is 8.68. The summed E-state index contributed by atoms with van der Waals surface area (Å²) in [6.07, 6.45) is 8.37. The fourth-order valence-corrected chi connectivity index (χ4v) is 4.59. The van der Waals surface area contributed by atoms with Gasteiger partial charge in [0.1, 0.15) is 24.2 Å². The quantitative estimate of drug-likeness (QED) is 0.533. The Hall–Kier alpha value is -3.75. The molecule has 0 spiro atoms. The summed E-state index contributed by atoms with van der Waals surface area (Å²) >= 11 is 0. The minimum absolute atomic E-state index is 0.0324. The van der Waals surface area contributed by atoms with Crippen LogP contribution in [0.2, 0.25) is 0 Å². The molecule has 1 aromatic carbocycles. The first-order valence-corrected chi connectivity index (χ1v) is 11.2. The number of anilines is 1. The summed E-state index contributed by atoms with van der Waals surface area (Å²) in [6.45, 7) is 0.378. The Kier molecular flexibility index (Phi) is 5.77. The highest BCUT2D eigenvalue weighted by atomic mass is 16.5. The van der Waals surface area contributed by atoms with Crippen LogP contribution in [0, 0.1) is 5.92 Å². The van der Waals surface area contributed by atoms with Crippen LogP contribution in [-0.4, -0.2) is 39.2 Å². The summed E-state index contributed by atoms with van der Waals surface area (Å²) in [5.74, 6) is 0.779. The van der Waals surface area contributed by atoms with E-state index in [2.05, 4.69) is 25.6 Å². The molecule has 0 radical (unpaired) electrons. The van der Waals surface area contributed by atoms with Crippen molar-refractivity contribution in [2.24, 2.45) is 5.92 Å². The number of hydrogen-bond acceptors (Lipinski definition) is 6. The molecule has 3 heterocycles. The number of rotatable bonds is 6. The molecule has 3 aromatic rings. The monoisotopic (exact) mass is 447 g/mol. The number of fused-ring (bicyclic) bond motifs is 2. The maximum absolute atomic E-state index is 12.8. The number of hydrogen-bond donors (Lipinski definition) is 3. The lowest BCUT2D eigenvalue weighted by atomic mass is 10.0. The average Bonchev–Trinajstić information content (AvgIpc) is 3.47. The number of Topliss-reactive ketones (excluding diaryl/α,β-unsaturated/α-hetero) is 1. The summed E-state index contributed by atoms with van der Waals surface area (Å²) in [5, 5.41) is 5.78. The number of benzene rings is 1. The molecule has 2 amide bonds. The van der Waals surface area contributed by atoms with Crippen LogP contribution in [0.1, 0.15) is 53.7 Å². The molecule has 9 nitrogen and oxygen atoms in total. The van der Waals surface area contributed by atoms with Gasteiger partial charge in [0.2, 0.25) is 5.91 Å². The Morgan fingerprint density at radius 3 is 2.88 bits per heavy atom. The number of amides is 2. The van der Waals surface area contributed by atoms with Crippen LogP contribution in [0.5, 0.6) is 5.75 Å². The highest BCUT2D eigenvalue weighted by molar-refractivity contribution is 6.07. The Balaban J connectivity index is 1.26. The van der Waals surface area contributed by atoms with E-state index >= 15 is 0 Å². The van der Waals surface area contributed by atoms with Gasteiger partial charge in [-0.05, 0) is 36.5 Å². The zero-order chi connectivity index (χ0) is 22.8. The van der Waals surface area contributed by atoms with Crippen molar-refractivity contribution in [2.45, 2.75) is 45.1 Å². The third-order valence-electron chi connectivity index (χ3n) is 6.26. The number of ether oxygens (including phenoxy) is 1. The van der Waals surface area contributed by atoms with Crippen molar-refractivity contribution < 1.29 is 19.1 Å². The number of aromatic amines is 1. The van der Waals surface area contributed by atoms with E-state index in [1.165, 1.54) is 19.2 Å². The molecule has 2 aliphatic rings. The van der Waals surface area contributed by atoms with Crippen LogP contribution in [-0.2, 0) is 22.6 Å².